The van der Waals surface area contributed by atoms with E-state index in [4.69, 9.17) is 16.9 Å². The van der Waals surface area contributed by atoms with E-state index in [1.165, 1.54) is 18.2 Å². The van der Waals surface area contributed by atoms with Crippen molar-refractivity contribution in [2.75, 3.05) is 5.32 Å². The zero-order valence-electron chi connectivity index (χ0n) is 10.4. The Labute approximate surface area is 120 Å². The molecule has 0 heterocycles. The van der Waals surface area contributed by atoms with E-state index in [-0.39, 0.29) is 23.6 Å². The molecule has 0 aliphatic carbocycles. The van der Waals surface area contributed by atoms with Gasteiger partial charge in [0.05, 0.1) is 12.1 Å². The summed E-state index contributed by atoms with van der Waals surface area (Å²) in [5.41, 5.74) is 0.783. The minimum Gasteiger partial charge on any atom is -0.325 e. The molecule has 0 saturated heterocycles. The maximum absolute atomic E-state index is 13.4. The van der Waals surface area contributed by atoms with Crippen LogP contribution in [0.4, 0.5) is 10.1 Å². The number of carbonyl (C=O) groups excluding carboxylic acids is 1. The van der Waals surface area contributed by atoms with Crippen LogP contribution in [-0.2, 0) is 11.2 Å². The van der Waals surface area contributed by atoms with Gasteiger partial charge in [0.2, 0.25) is 5.91 Å². The first kappa shape index (κ1) is 14.0. The van der Waals surface area contributed by atoms with Gasteiger partial charge in [0.25, 0.3) is 0 Å². The second kappa shape index (κ2) is 6.18. The van der Waals surface area contributed by atoms with Crippen LogP contribution in [0.5, 0.6) is 0 Å². The monoisotopic (exact) mass is 288 g/mol. The zero-order valence-corrected chi connectivity index (χ0v) is 11.1. The van der Waals surface area contributed by atoms with Crippen LogP contribution in [-0.4, -0.2) is 5.91 Å². The van der Waals surface area contributed by atoms with Crippen molar-refractivity contribution in [2.24, 2.45) is 0 Å². The van der Waals surface area contributed by atoms with Crippen LogP contribution < -0.4 is 5.32 Å². The molecule has 0 aromatic heterocycles. The summed E-state index contributed by atoms with van der Waals surface area (Å²) in [5, 5.41) is 12.0. The van der Waals surface area contributed by atoms with E-state index < -0.39 is 5.82 Å². The predicted molar refractivity (Wildman–Crippen MR) is 74.9 cm³/mol. The molecule has 0 unspecified atom stereocenters. The van der Waals surface area contributed by atoms with E-state index in [2.05, 4.69) is 5.32 Å². The first-order valence-electron chi connectivity index (χ1n) is 5.83. The molecule has 0 atom stereocenters. The molecular formula is C15H10ClFN2O. The van der Waals surface area contributed by atoms with Gasteiger partial charge in [0, 0.05) is 5.02 Å². The number of halogens is 2. The van der Waals surface area contributed by atoms with Crippen molar-refractivity contribution in [3.63, 3.8) is 0 Å². The number of nitriles is 1. The molecule has 100 valence electrons. The van der Waals surface area contributed by atoms with E-state index in [0.29, 0.717) is 5.02 Å². The van der Waals surface area contributed by atoms with Crippen molar-refractivity contribution in [1.82, 2.24) is 0 Å². The quantitative estimate of drug-likeness (QED) is 0.939. The molecule has 3 nitrogen and oxygen atoms in total. The fourth-order valence-corrected chi connectivity index (χ4v) is 1.85. The summed E-state index contributed by atoms with van der Waals surface area (Å²) < 4.78 is 13.4. The van der Waals surface area contributed by atoms with E-state index in [9.17, 15) is 9.18 Å². The van der Waals surface area contributed by atoms with Crippen LogP contribution in [0, 0.1) is 17.1 Å². The summed E-state index contributed by atoms with van der Waals surface area (Å²) in [6.07, 6.45) is 0.124. The molecule has 2 aromatic carbocycles. The molecule has 0 aliphatic rings. The first-order valence-corrected chi connectivity index (χ1v) is 6.21. The van der Waals surface area contributed by atoms with Crippen molar-refractivity contribution in [2.45, 2.75) is 6.42 Å². The van der Waals surface area contributed by atoms with Gasteiger partial charge in [0.1, 0.15) is 17.4 Å². The van der Waals surface area contributed by atoms with Gasteiger partial charge < -0.3 is 5.32 Å². The average molecular weight is 289 g/mol. The van der Waals surface area contributed by atoms with Gasteiger partial charge in [-0.1, -0.05) is 29.8 Å². The number of hydrogen-bond acceptors (Lipinski definition) is 2. The fourth-order valence-electron chi connectivity index (χ4n) is 1.72. The second-order valence-corrected chi connectivity index (χ2v) is 4.56. The number of rotatable bonds is 3. The third-order valence-corrected chi connectivity index (χ3v) is 2.93. The summed E-state index contributed by atoms with van der Waals surface area (Å²) in [5.74, 6) is -0.980. The standard InChI is InChI=1S/C15H10ClFN2O/c16-11-6-4-10(5-7-11)8-15(20)19-14-3-1-2-13(17)12(14)9-18/h1-7H,8H2,(H,19,20). The fraction of sp³-hybridized carbons (Fsp3) is 0.0667. The predicted octanol–water partition coefficient (Wildman–Crippen LogP) is 3.53. The van der Waals surface area contributed by atoms with Gasteiger partial charge in [-0.25, -0.2) is 4.39 Å². The van der Waals surface area contributed by atoms with E-state index in [1.54, 1.807) is 30.3 Å². The maximum Gasteiger partial charge on any atom is 0.228 e. The lowest BCUT2D eigenvalue weighted by Gasteiger charge is -2.07. The minimum absolute atomic E-state index is 0.124. The van der Waals surface area contributed by atoms with Crippen molar-refractivity contribution < 1.29 is 9.18 Å². The molecule has 2 rings (SSSR count). The highest BCUT2D eigenvalue weighted by molar-refractivity contribution is 6.30. The van der Waals surface area contributed by atoms with Crippen LogP contribution in [0.3, 0.4) is 0 Å². The van der Waals surface area contributed by atoms with Crippen molar-refractivity contribution >= 4 is 23.2 Å². The Hall–Kier alpha value is -2.38. The lowest BCUT2D eigenvalue weighted by Crippen LogP contribution is -2.15. The van der Waals surface area contributed by atoms with Gasteiger partial charge >= 0.3 is 0 Å². The number of amides is 1. The smallest absolute Gasteiger partial charge is 0.228 e. The lowest BCUT2D eigenvalue weighted by molar-refractivity contribution is -0.115. The van der Waals surface area contributed by atoms with Gasteiger partial charge in [-0.15, -0.1) is 0 Å². The molecule has 1 N–H and O–H groups in total. The average Bonchev–Trinajstić information content (AvgIpc) is 2.42. The number of benzene rings is 2. The highest BCUT2D eigenvalue weighted by Gasteiger charge is 2.11. The minimum atomic E-state index is -0.656. The second-order valence-electron chi connectivity index (χ2n) is 4.13. The summed E-state index contributed by atoms with van der Waals surface area (Å²) in [4.78, 5) is 11.9. The van der Waals surface area contributed by atoms with Crippen LogP contribution >= 0.6 is 11.6 Å². The molecule has 0 saturated carbocycles. The number of nitrogens with zero attached hydrogens (tertiary/aromatic N) is 1. The normalized spacial score (nSPS) is 9.85. The van der Waals surface area contributed by atoms with Gasteiger partial charge in [0.15, 0.2) is 0 Å². The Kier molecular flexibility index (Phi) is 4.34. The molecule has 0 radical (unpaired) electrons. The highest BCUT2D eigenvalue weighted by atomic mass is 35.5. The summed E-state index contributed by atoms with van der Waals surface area (Å²) in [6.45, 7) is 0. The van der Waals surface area contributed by atoms with Gasteiger partial charge in [-0.05, 0) is 29.8 Å². The van der Waals surface area contributed by atoms with Gasteiger partial charge in [-0.2, -0.15) is 5.26 Å². The van der Waals surface area contributed by atoms with E-state index in [1.807, 2.05) is 0 Å². The summed E-state index contributed by atoms with van der Waals surface area (Å²) in [6, 6.07) is 12.7. The summed E-state index contributed by atoms with van der Waals surface area (Å²) in [7, 11) is 0. The Balaban J connectivity index is 2.11. The number of nitrogens with one attached hydrogen (secondary N) is 1. The van der Waals surface area contributed by atoms with Crippen molar-refractivity contribution in [3.8, 4) is 6.07 Å². The highest BCUT2D eigenvalue weighted by Crippen LogP contribution is 2.18. The van der Waals surface area contributed by atoms with E-state index >= 15 is 0 Å². The molecule has 2 aromatic rings. The topological polar surface area (TPSA) is 52.9 Å². The SMILES string of the molecule is N#Cc1c(F)cccc1NC(=O)Cc1ccc(Cl)cc1. The largest absolute Gasteiger partial charge is 0.325 e. The maximum atomic E-state index is 13.4. The summed E-state index contributed by atoms with van der Waals surface area (Å²) >= 11 is 5.76. The zero-order chi connectivity index (χ0) is 14.5. The number of anilines is 1. The number of carbonyl (C=O) groups is 1. The van der Waals surface area contributed by atoms with Crippen molar-refractivity contribution in [1.29, 1.82) is 5.26 Å². The van der Waals surface area contributed by atoms with Gasteiger partial charge in [-0.3, -0.25) is 4.79 Å². The molecule has 1 amide bonds. The van der Waals surface area contributed by atoms with Crippen LogP contribution in [0.2, 0.25) is 5.02 Å². The third kappa shape index (κ3) is 3.34. The third-order valence-electron chi connectivity index (χ3n) is 2.68. The molecule has 0 bridgehead atoms. The Morgan fingerprint density at radius 2 is 1.95 bits per heavy atom. The Bertz CT molecular complexity index is 677. The van der Waals surface area contributed by atoms with Crippen LogP contribution in [0.1, 0.15) is 11.1 Å². The van der Waals surface area contributed by atoms with Crippen molar-refractivity contribution in [3.05, 3.63) is 64.4 Å². The first-order chi connectivity index (χ1) is 9.60. The number of hydrogen-bond donors (Lipinski definition) is 1. The molecule has 20 heavy (non-hydrogen) atoms. The molecule has 0 aliphatic heterocycles. The Morgan fingerprint density at radius 3 is 2.60 bits per heavy atom. The molecule has 0 spiro atoms. The molecule has 5 heteroatoms. The molecular weight excluding hydrogens is 279 g/mol. The Morgan fingerprint density at radius 1 is 1.25 bits per heavy atom. The van der Waals surface area contributed by atoms with E-state index in [0.717, 1.165) is 5.56 Å². The van der Waals surface area contributed by atoms with Crippen LogP contribution in [0.15, 0.2) is 42.5 Å². The molecule has 0 fully saturated rings. The lowest BCUT2D eigenvalue weighted by atomic mass is 10.1. The van der Waals surface area contributed by atoms with Crippen LogP contribution in [0.25, 0.3) is 0 Å².